The molecule has 4 rings (SSSR count). The summed E-state index contributed by atoms with van der Waals surface area (Å²) in [5, 5.41) is 0. The minimum atomic E-state index is 0.249. The van der Waals surface area contributed by atoms with Crippen molar-refractivity contribution < 1.29 is 9.53 Å². The van der Waals surface area contributed by atoms with Gasteiger partial charge in [0.25, 0.3) is 0 Å². The fourth-order valence-electron chi connectivity index (χ4n) is 4.95. The van der Waals surface area contributed by atoms with Crippen LogP contribution in [0.15, 0.2) is 60.7 Å². The van der Waals surface area contributed by atoms with E-state index in [0.717, 1.165) is 31.6 Å². The van der Waals surface area contributed by atoms with Crippen molar-refractivity contribution in [3.8, 4) is 5.75 Å². The summed E-state index contributed by atoms with van der Waals surface area (Å²) in [4.78, 5) is 15.5. The molecule has 3 heteroatoms. The highest BCUT2D eigenvalue weighted by Gasteiger charge is 2.40. The number of fused-ring (bicyclic) bond motifs is 2. The van der Waals surface area contributed by atoms with Gasteiger partial charge >= 0.3 is 0 Å². The third-order valence-electron chi connectivity index (χ3n) is 6.37. The van der Waals surface area contributed by atoms with Crippen LogP contribution >= 0.6 is 0 Å². The fraction of sp³-hybridized carbons (Fsp3) is 0.480. The van der Waals surface area contributed by atoms with E-state index in [1.807, 2.05) is 30.3 Å². The van der Waals surface area contributed by atoms with E-state index in [2.05, 4.69) is 35.2 Å². The molecule has 2 aromatic rings. The number of hydrogen-bond donors (Lipinski definition) is 0. The van der Waals surface area contributed by atoms with Crippen LogP contribution in [-0.2, 0) is 11.3 Å². The van der Waals surface area contributed by atoms with Crippen molar-refractivity contribution in [1.82, 2.24) is 4.90 Å². The second-order valence-electron chi connectivity index (χ2n) is 8.30. The molecule has 2 aliphatic heterocycles. The first-order valence-electron chi connectivity index (χ1n) is 10.8. The van der Waals surface area contributed by atoms with Gasteiger partial charge in [0, 0.05) is 31.0 Å². The van der Waals surface area contributed by atoms with E-state index in [0.29, 0.717) is 30.9 Å². The number of carbonyl (C=O) groups is 1. The largest absolute Gasteiger partial charge is 0.494 e. The molecule has 2 aromatic carbocycles. The molecule has 0 amide bonds. The molecule has 0 aliphatic carbocycles. The molecule has 2 bridgehead atoms. The Morgan fingerprint density at radius 1 is 0.929 bits per heavy atom. The summed E-state index contributed by atoms with van der Waals surface area (Å²) in [7, 11) is 0. The lowest BCUT2D eigenvalue weighted by Gasteiger charge is -2.48. The third kappa shape index (κ3) is 4.82. The maximum Gasteiger partial charge on any atom is 0.136 e. The van der Waals surface area contributed by atoms with Crippen LogP contribution in [0.25, 0.3) is 0 Å². The number of ketones is 1. The zero-order valence-electron chi connectivity index (χ0n) is 16.6. The number of benzene rings is 2. The van der Waals surface area contributed by atoms with E-state index in [4.69, 9.17) is 4.74 Å². The summed E-state index contributed by atoms with van der Waals surface area (Å²) in [5.74, 6) is 1.59. The summed E-state index contributed by atoms with van der Waals surface area (Å²) in [6.45, 7) is 1.65. The molecule has 28 heavy (non-hydrogen) atoms. The highest BCUT2D eigenvalue weighted by molar-refractivity contribution is 5.81. The van der Waals surface area contributed by atoms with Gasteiger partial charge in [-0.25, -0.2) is 0 Å². The van der Waals surface area contributed by atoms with Gasteiger partial charge in [-0.3, -0.25) is 9.69 Å². The van der Waals surface area contributed by atoms with E-state index >= 15 is 0 Å². The standard InChI is InChI=1S/C25H31NO2/c27-25(15-8-16-28-24-13-5-2-6-14-24)21-17-22-11-7-12-23(18-21)26(22)19-20-9-3-1-4-10-20/h1-6,9-10,13-14,21-23H,7-8,11-12,15-19H2. The number of para-hydroxylation sites is 1. The SMILES string of the molecule is O=C(CCCOc1ccccc1)C1CC2CCCC(C1)N2Cc1ccccc1. The predicted molar refractivity (Wildman–Crippen MR) is 112 cm³/mol. The van der Waals surface area contributed by atoms with Crippen molar-refractivity contribution >= 4 is 5.78 Å². The second kappa shape index (κ2) is 9.38. The van der Waals surface area contributed by atoms with Crippen molar-refractivity contribution in [2.45, 2.75) is 63.6 Å². The molecule has 2 saturated heterocycles. The van der Waals surface area contributed by atoms with Gasteiger partial charge < -0.3 is 4.74 Å². The van der Waals surface area contributed by atoms with Gasteiger partial charge in [-0.05, 0) is 49.8 Å². The van der Waals surface area contributed by atoms with E-state index < -0.39 is 0 Å². The van der Waals surface area contributed by atoms with Crippen LogP contribution < -0.4 is 4.74 Å². The van der Waals surface area contributed by atoms with Gasteiger partial charge in [-0.1, -0.05) is 55.0 Å². The molecule has 2 unspecified atom stereocenters. The van der Waals surface area contributed by atoms with Gasteiger partial charge in [0.05, 0.1) is 6.61 Å². The number of hydrogen-bond acceptors (Lipinski definition) is 3. The molecule has 0 radical (unpaired) electrons. The number of carbonyl (C=O) groups excluding carboxylic acids is 1. The summed E-state index contributed by atoms with van der Waals surface area (Å²) >= 11 is 0. The molecular formula is C25H31NO2. The minimum absolute atomic E-state index is 0.249. The van der Waals surface area contributed by atoms with Gasteiger partial charge in [0.1, 0.15) is 11.5 Å². The van der Waals surface area contributed by atoms with Gasteiger partial charge in [-0.2, -0.15) is 0 Å². The number of piperidine rings is 2. The summed E-state index contributed by atoms with van der Waals surface area (Å²) < 4.78 is 5.74. The van der Waals surface area contributed by atoms with Crippen LogP contribution in [0.3, 0.4) is 0 Å². The summed E-state index contributed by atoms with van der Waals surface area (Å²) in [6, 6.07) is 21.8. The first kappa shape index (κ1) is 19.2. The van der Waals surface area contributed by atoms with Gasteiger partial charge in [0.15, 0.2) is 0 Å². The molecule has 0 spiro atoms. The molecular weight excluding hydrogens is 346 g/mol. The van der Waals surface area contributed by atoms with Crippen LogP contribution in [0.1, 0.15) is 50.5 Å². The number of Topliss-reactive ketones (excluding diaryl/α,β-unsaturated/α-hetero) is 1. The maximum atomic E-state index is 12.8. The van der Waals surface area contributed by atoms with Crippen molar-refractivity contribution in [3.63, 3.8) is 0 Å². The third-order valence-corrected chi connectivity index (χ3v) is 6.37. The summed E-state index contributed by atoms with van der Waals surface area (Å²) in [6.07, 6.45) is 7.34. The minimum Gasteiger partial charge on any atom is -0.494 e. The van der Waals surface area contributed by atoms with Crippen molar-refractivity contribution in [3.05, 3.63) is 66.2 Å². The smallest absolute Gasteiger partial charge is 0.136 e. The Morgan fingerprint density at radius 2 is 1.57 bits per heavy atom. The topological polar surface area (TPSA) is 29.5 Å². The normalized spacial score (nSPS) is 24.6. The van der Waals surface area contributed by atoms with E-state index in [1.165, 1.54) is 24.8 Å². The monoisotopic (exact) mass is 377 g/mol. The maximum absolute atomic E-state index is 12.8. The highest BCUT2D eigenvalue weighted by Crippen LogP contribution is 2.38. The number of nitrogens with zero attached hydrogens (tertiary/aromatic N) is 1. The first-order chi connectivity index (χ1) is 13.8. The van der Waals surface area contributed by atoms with Crippen molar-refractivity contribution in [2.75, 3.05) is 6.61 Å². The van der Waals surface area contributed by atoms with Crippen LogP contribution in [-0.4, -0.2) is 29.4 Å². The molecule has 0 N–H and O–H groups in total. The van der Waals surface area contributed by atoms with Crippen LogP contribution in [0.4, 0.5) is 0 Å². The lowest BCUT2D eigenvalue weighted by Crippen LogP contribution is -2.52. The Labute approximate surface area is 168 Å². The van der Waals surface area contributed by atoms with Crippen LogP contribution in [0.2, 0.25) is 0 Å². The zero-order chi connectivity index (χ0) is 19.2. The molecule has 2 aliphatic rings. The Morgan fingerprint density at radius 3 is 2.25 bits per heavy atom. The molecule has 0 saturated carbocycles. The quantitative estimate of drug-likeness (QED) is 0.589. The van der Waals surface area contributed by atoms with Gasteiger partial charge in [-0.15, -0.1) is 0 Å². The van der Waals surface area contributed by atoms with E-state index in [9.17, 15) is 4.79 Å². The van der Waals surface area contributed by atoms with Crippen LogP contribution in [0, 0.1) is 5.92 Å². The lowest BCUT2D eigenvalue weighted by atomic mass is 9.76. The number of ether oxygens (including phenoxy) is 1. The summed E-state index contributed by atoms with van der Waals surface area (Å²) in [5.41, 5.74) is 1.39. The van der Waals surface area contributed by atoms with Crippen molar-refractivity contribution in [2.24, 2.45) is 5.92 Å². The lowest BCUT2D eigenvalue weighted by molar-refractivity contribution is -0.127. The molecule has 148 valence electrons. The average molecular weight is 378 g/mol. The van der Waals surface area contributed by atoms with Gasteiger partial charge in [0.2, 0.25) is 0 Å². The second-order valence-corrected chi connectivity index (χ2v) is 8.30. The highest BCUT2D eigenvalue weighted by atomic mass is 16.5. The Kier molecular flexibility index (Phi) is 6.43. The molecule has 2 fully saturated rings. The molecule has 2 heterocycles. The molecule has 2 atom stereocenters. The van der Waals surface area contributed by atoms with Crippen molar-refractivity contribution in [1.29, 1.82) is 0 Å². The average Bonchev–Trinajstić information content (AvgIpc) is 2.72. The van der Waals surface area contributed by atoms with Crippen LogP contribution in [0.5, 0.6) is 5.75 Å². The Hall–Kier alpha value is -2.13. The Balaban J connectivity index is 1.27. The van der Waals surface area contributed by atoms with E-state index in [-0.39, 0.29) is 5.92 Å². The molecule has 3 nitrogen and oxygen atoms in total. The molecule has 0 aromatic heterocycles. The first-order valence-corrected chi connectivity index (χ1v) is 10.8. The fourth-order valence-corrected chi connectivity index (χ4v) is 4.95. The Bertz CT molecular complexity index is 732. The number of rotatable bonds is 8. The predicted octanol–water partition coefficient (Wildman–Crippen LogP) is 5.25. The van der Waals surface area contributed by atoms with E-state index in [1.54, 1.807) is 0 Å². The zero-order valence-corrected chi connectivity index (χ0v) is 16.6.